The molecule has 0 fully saturated rings. The molecule has 7 heteroatoms. The number of hydrazone groups is 1. The van der Waals surface area contributed by atoms with Crippen LogP contribution in [0, 0.1) is 6.92 Å². The second-order valence-corrected chi connectivity index (χ2v) is 5.07. The second-order valence-electron chi connectivity index (χ2n) is 4.07. The second kappa shape index (κ2) is 6.85. The van der Waals surface area contributed by atoms with Gasteiger partial charge in [0.15, 0.2) is 0 Å². The van der Waals surface area contributed by atoms with E-state index >= 15 is 0 Å². The SMILES string of the molecule is COC(=O)c1sc(N/N=C\c2ccc(OC)cc2)nc1C. The number of nitrogens with one attached hydrogen (secondary N) is 1. The average Bonchev–Trinajstić information content (AvgIpc) is 2.88. The first-order valence-electron chi connectivity index (χ1n) is 6.13. The van der Waals surface area contributed by atoms with Crippen LogP contribution in [0.25, 0.3) is 0 Å². The lowest BCUT2D eigenvalue weighted by molar-refractivity contribution is 0.0605. The van der Waals surface area contributed by atoms with Crippen LogP contribution in [-0.2, 0) is 4.74 Å². The number of nitrogens with zero attached hydrogens (tertiary/aromatic N) is 2. The van der Waals surface area contributed by atoms with E-state index in [0.717, 1.165) is 11.3 Å². The van der Waals surface area contributed by atoms with E-state index in [0.29, 0.717) is 15.7 Å². The molecule has 2 rings (SSSR count). The van der Waals surface area contributed by atoms with Gasteiger partial charge in [0.1, 0.15) is 10.6 Å². The molecule has 0 unspecified atom stereocenters. The summed E-state index contributed by atoms with van der Waals surface area (Å²) in [6, 6.07) is 7.47. The summed E-state index contributed by atoms with van der Waals surface area (Å²) in [5, 5.41) is 4.63. The van der Waals surface area contributed by atoms with Crippen molar-refractivity contribution in [2.75, 3.05) is 19.6 Å². The molecular formula is C14H15N3O3S. The van der Waals surface area contributed by atoms with Crippen molar-refractivity contribution in [2.24, 2.45) is 5.10 Å². The lowest BCUT2D eigenvalue weighted by Crippen LogP contribution is -1.99. The van der Waals surface area contributed by atoms with Gasteiger partial charge in [-0.1, -0.05) is 11.3 Å². The van der Waals surface area contributed by atoms with E-state index in [4.69, 9.17) is 4.74 Å². The van der Waals surface area contributed by atoms with Crippen LogP contribution in [-0.4, -0.2) is 31.4 Å². The minimum absolute atomic E-state index is 0.391. The molecule has 0 saturated carbocycles. The van der Waals surface area contributed by atoms with Crippen LogP contribution >= 0.6 is 11.3 Å². The summed E-state index contributed by atoms with van der Waals surface area (Å²) in [6.45, 7) is 1.75. The fourth-order valence-corrected chi connectivity index (χ4v) is 2.41. The minimum Gasteiger partial charge on any atom is -0.497 e. The van der Waals surface area contributed by atoms with Crippen LogP contribution in [0.4, 0.5) is 5.13 Å². The van der Waals surface area contributed by atoms with Crippen molar-refractivity contribution in [1.82, 2.24) is 4.98 Å². The Balaban J connectivity index is 2.02. The number of anilines is 1. The number of hydrogen-bond acceptors (Lipinski definition) is 7. The minimum atomic E-state index is -0.391. The van der Waals surface area contributed by atoms with E-state index in [1.54, 1.807) is 20.2 Å². The van der Waals surface area contributed by atoms with Crippen LogP contribution in [0.3, 0.4) is 0 Å². The molecule has 6 nitrogen and oxygen atoms in total. The van der Waals surface area contributed by atoms with Gasteiger partial charge in [0.2, 0.25) is 5.13 Å². The van der Waals surface area contributed by atoms with Crippen LogP contribution in [0.5, 0.6) is 5.75 Å². The predicted octanol–water partition coefficient (Wildman–Crippen LogP) is 2.69. The van der Waals surface area contributed by atoms with Gasteiger partial charge < -0.3 is 9.47 Å². The maximum Gasteiger partial charge on any atom is 0.350 e. The molecule has 1 heterocycles. The number of rotatable bonds is 5. The van der Waals surface area contributed by atoms with E-state index in [1.807, 2.05) is 24.3 Å². The number of aryl methyl sites for hydroxylation is 1. The van der Waals surface area contributed by atoms with Crippen LogP contribution in [0.1, 0.15) is 20.9 Å². The summed E-state index contributed by atoms with van der Waals surface area (Å²) >= 11 is 1.20. The molecule has 1 aromatic carbocycles. The van der Waals surface area contributed by atoms with Crippen molar-refractivity contribution in [3.63, 3.8) is 0 Å². The Morgan fingerprint density at radius 1 is 1.33 bits per heavy atom. The van der Waals surface area contributed by atoms with Gasteiger partial charge in [-0.05, 0) is 36.8 Å². The largest absolute Gasteiger partial charge is 0.497 e. The van der Waals surface area contributed by atoms with Gasteiger partial charge in [-0.2, -0.15) is 5.10 Å². The highest BCUT2D eigenvalue weighted by Gasteiger charge is 2.15. The fraction of sp³-hybridized carbons (Fsp3) is 0.214. The summed E-state index contributed by atoms with van der Waals surface area (Å²) in [5.41, 5.74) is 4.34. The summed E-state index contributed by atoms with van der Waals surface area (Å²) in [4.78, 5) is 16.2. The van der Waals surface area contributed by atoms with Crippen molar-refractivity contribution >= 4 is 28.7 Å². The average molecular weight is 305 g/mol. The molecule has 110 valence electrons. The Morgan fingerprint density at radius 3 is 2.67 bits per heavy atom. The summed E-state index contributed by atoms with van der Waals surface area (Å²) < 4.78 is 9.76. The third-order valence-corrected chi connectivity index (χ3v) is 3.70. The van der Waals surface area contributed by atoms with Crippen LogP contribution in [0.2, 0.25) is 0 Å². The van der Waals surface area contributed by atoms with Gasteiger partial charge in [-0.25, -0.2) is 9.78 Å². The molecule has 0 bridgehead atoms. The molecule has 0 aliphatic rings. The normalized spacial score (nSPS) is 10.6. The number of hydrogen-bond donors (Lipinski definition) is 1. The lowest BCUT2D eigenvalue weighted by atomic mass is 10.2. The highest BCUT2D eigenvalue weighted by Crippen LogP contribution is 2.23. The molecule has 0 aliphatic heterocycles. The third kappa shape index (κ3) is 3.79. The van der Waals surface area contributed by atoms with Crippen molar-refractivity contribution < 1.29 is 14.3 Å². The molecule has 21 heavy (non-hydrogen) atoms. The number of carbonyl (C=O) groups is 1. The maximum atomic E-state index is 11.5. The number of thiazole rings is 1. The van der Waals surface area contributed by atoms with Gasteiger partial charge in [-0.3, -0.25) is 5.43 Å². The Bertz CT molecular complexity index is 650. The quantitative estimate of drug-likeness (QED) is 0.522. The van der Waals surface area contributed by atoms with Crippen LogP contribution < -0.4 is 10.2 Å². The Morgan fingerprint density at radius 2 is 2.05 bits per heavy atom. The monoisotopic (exact) mass is 305 g/mol. The van der Waals surface area contributed by atoms with Crippen molar-refractivity contribution in [1.29, 1.82) is 0 Å². The number of ether oxygens (including phenoxy) is 2. The smallest absolute Gasteiger partial charge is 0.350 e. The Labute approximate surface area is 126 Å². The third-order valence-electron chi connectivity index (χ3n) is 2.66. The van der Waals surface area contributed by atoms with Crippen LogP contribution in [0.15, 0.2) is 29.4 Å². The number of methoxy groups -OCH3 is 2. The molecule has 0 saturated heterocycles. The topological polar surface area (TPSA) is 72.8 Å². The van der Waals surface area contributed by atoms with E-state index in [-0.39, 0.29) is 0 Å². The fourth-order valence-electron chi connectivity index (χ4n) is 1.58. The molecule has 1 N–H and O–H groups in total. The number of aromatic nitrogens is 1. The zero-order valence-electron chi connectivity index (χ0n) is 11.9. The van der Waals surface area contributed by atoms with Gasteiger partial charge in [-0.15, -0.1) is 0 Å². The van der Waals surface area contributed by atoms with Crippen molar-refractivity contribution in [3.8, 4) is 5.75 Å². The van der Waals surface area contributed by atoms with Gasteiger partial charge in [0, 0.05) is 0 Å². The molecular weight excluding hydrogens is 290 g/mol. The molecule has 0 aliphatic carbocycles. The molecule has 0 radical (unpaired) electrons. The maximum absolute atomic E-state index is 11.5. The zero-order chi connectivity index (χ0) is 15.2. The van der Waals surface area contributed by atoms with Crippen molar-refractivity contribution in [2.45, 2.75) is 6.92 Å². The predicted molar refractivity (Wildman–Crippen MR) is 82.4 cm³/mol. The van der Waals surface area contributed by atoms with Crippen molar-refractivity contribution in [3.05, 3.63) is 40.4 Å². The standard InChI is InChI=1S/C14H15N3O3S/c1-9-12(13(18)20-3)21-14(16-9)17-15-8-10-4-6-11(19-2)7-5-10/h4-8H,1-3H3,(H,16,17)/b15-8-. The van der Waals surface area contributed by atoms with Gasteiger partial charge >= 0.3 is 5.97 Å². The Hall–Kier alpha value is -2.41. The highest BCUT2D eigenvalue weighted by atomic mass is 32.1. The molecule has 2 aromatic rings. The summed E-state index contributed by atoms with van der Waals surface area (Å²) in [7, 11) is 2.96. The van der Waals surface area contributed by atoms with E-state index in [9.17, 15) is 4.79 Å². The first-order valence-corrected chi connectivity index (χ1v) is 6.94. The summed E-state index contributed by atoms with van der Waals surface area (Å²) in [6.07, 6.45) is 1.66. The lowest BCUT2D eigenvalue weighted by Gasteiger charge is -1.98. The van der Waals surface area contributed by atoms with E-state index < -0.39 is 5.97 Å². The first kappa shape index (κ1) is 15.0. The Kier molecular flexibility index (Phi) is 4.89. The van der Waals surface area contributed by atoms with Gasteiger partial charge in [0.25, 0.3) is 0 Å². The summed E-state index contributed by atoms with van der Waals surface area (Å²) in [5.74, 6) is 0.399. The number of benzene rings is 1. The first-order chi connectivity index (χ1) is 10.1. The zero-order valence-corrected chi connectivity index (χ0v) is 12.7. The van der Waals surface area contributed by atoms with E-state index in [1.165, 1.54) is 18.4 Å². The number of carbonyl (C=O) groups excluding carboxylic acids is 1. The molecule has 0 amide bonds. The van der Waals surface area contributed by atoms with Gasteiger partial charge in [0.05, 0.1) is 26.1 Å². The van der Waals surface area contributed by atoms with E-state index in [2.05, 4.69) is 20.2 Å². The molecule has 0 spiro atoms. The highest BCUT2D eigenvalue weighted by molar-refractivity contribution is 7.17. The molecule has 0 atom stereocenters. The number of esters is 1. The molecule has 1 aromatic heterocycles.